The number of ether oxygens (including phenoxy) is 1. The minimum Gasteiger partial charge on any atom is -0.444 e. The van der Waals surface area contributed by atoms with Crippen molar-refractivity contribution in [3.63, 3.8) is 0 Å². The highest BCUT2D eigenvalue weighted by molar-refractivity contribution is 9.10. The van der Waals surface area contributed by atoms with E-state index in [2.05, 4.69) is 15.9 Å². The lowest BCUT2D eigenvalue weighted by atomic mass is 9.92. The molecule has 0 bridgehead atoms. The fraction of sp³-hybridized carbons (Fsp3) is 0.500. The van der Waals surface area contributed by atoms with Crippen molar-refractivity contribution in [3.05, 3.63) is 28.2 Å². The van der Waals surface area contributed by atoms with E-state index in [1.54, 1.807) is 4.90 Å². The third-order valence-corrected chi connectivity index (χ3v) is 3.72. The Balaban J connectivity index is 1.92. The van der Waals surface area contributed by atoms with E-state index in [4.69, 9.17) is 10.5 Å². The highest BCUT2D eigenvalue weighted by Gasteiger charge is 2.34. The second-order valence-electron chi connectivity index (χ2n) is 5.86. The Morgan fingerprint density at radius 2 is 2.05 bits per heavy atom. The number of carbonyl (C=O) groups is 1. The number of benzene rings is 1. The van der Waals surface area contributed by atoms with Crippen LogP contribution in [0, 0.1) is 0 Å². The summed E-state index contributed by atoms with van der Waals surface area (Å²) >= 11 is 3.42. The summed E-state index contributed by atoms with van der Waals surface area (Å²) in [7, 11) is 0. The van der Waals surface area contributed by atoms with Crippen LogP contribution < -0.4 is 5.73 Å². The van der Waals surface area contributed by atoms with Crippen LogP contribution in [0.5, 0.6) is 0 Å². The highest BCUT2D eigenvalue weighted by Crippen LogP contribution is 2.31. The SMILES string of the molecule is CC(C)(C)OC(=O)N1CC(c2ccc(N)c(Br)c2)C1. The van der Waals surface area contributed by atoms with Crippen molar-refractivity contribution >= 4 is 27.7 Å². The van der Waals surface area contributed by atoms with Crippen LogP contribution in [0.3, 0.4) is 0 Å². The van der Waals surface area contributed by atoms with Gasteiger partial charge in [-0.2, -0.15) is 0 Å². The first-order valence-electron chi connectivity index (χ1n) is 6.29. The number of nitrogens with zero attached hydrogens (tertiary/aromatic N) is 1. The van der Waals surface area contributed by atoms with E-state index in [1.807, 2.05) is 39.0 Å². The zero-order valence-corrected chi connectivity index (χ0v) is 13.0. The fourth-order valence-corrected chi connectivity index (χ4v) is 2.36. The molecule has 1 aliphatic rings. The van der Waals surface area contributed by atoms with Crippen LogP contribution in [0.25, 0.3) is 0 Å². The van der Waals surface area contributed by atoms with Gasteiger partial charge in [-0.05, 0) is 54.4 Å². The Morgan fingerprint density at radius 1 is 1.42 bits per heavy atom. The van der Waals surface area contributed by atoms with Crippen molar-refractivity contribution in [1.82, 2.24) is 4.90 Å². The number of halogens is 1. The van der Waals surface area contributed by atoms with Crippen LogP contribution in [0.4, 0.5) is 10.5 Å². The molecule has 1 saturated heterocycles. The molecule has 1 aromatic carbocycles. The lowest BCUT2D eigenvalue weighted by molar-refractivity contribution is 0.00819. The quantitative estimate of drug-likeness (QED) is 0.805. The summed E-state index contributed by atoms with van der Waals surface area (Å²) in [6, 6.07) is 5.92. The van der Waals surface area contributed by atoms with E-state index in [9.17, 15) is 4.79 Å². The molecule has 0 spiro atoms. The number of hydrogen-bond donors (Lipinski definition) is 1. The average molecular weight is 327 g/mol. The summed E-state index contributed by atoms with van der Waals surface area (Å²) in [6.45, 7) is 7.02. The van der Waals surface area contributed by atoms with Crippen molar-refractivity contribution in [2.45, 2.75) is 32.3 Å². The summed E-state index contributed by atoms with van der Waals surface area (Å²) in [5.41, 5.74) is 7.25. The molecule has 0 saturated carbocycles. The molecule has 0 unspecified atom stereocenters. The average Bonchev–Trinajstić information content (AvgIpc) is 2.18. The molecule has 1 aliphatic heterocycles. The standard InChI is InChI=1S/C14H19BrN2O2/c1-14(2,3)19-13(18)17-7-10(8-17)9-4-5-12(16)11(15)6-9/h4-6,10H,7-8,16H2,1-3H3. The first-order chi connectivity index (χ1) is 8.76. The van der Waals surface area contributed by atoms with E-state index in [-0.39, 0.29) is 6.09 Å². The van der Waals surface area contributed by atoms with E-state index >= 15 is 0 Å². The molecule has 2 rings (SSSR count). The van der Waals surface area contributed by atoms with Crippen molar-refractivity contribution in [2.24, 2.45) is 0 Å². The molecular formula is C14H19BrN2O2. The minimum absolute atomic E-state index is 0.238. The molecule has 104 valence electrons. The van der Waals surface area contributed by atoms with Crippen LogP contribution in [0.1, 0.15) is 32.3 Å². The van der Waals surface area contributed by atoms with Gasteiger partial charge in [-0.3, -0.25) is 0 Å². The maximum Gasteiger partial charge on any atom is 0.410 e. The fourth-order valence-electron chi connectivity index (χ4n) is 1.96. The predicted molar refractivity (Wildman–Crippen MR) is 79.1 cm³/mol. The number of carbonyl (C=O) groups excluding carboxylic acids is 1. The van der Waals surface area contributed by atoms with Crippen LogP contribution in [-0.2, 0) is 4.74 Å². The summed E-state index contributed by atoms with van der Waals surface area (Å²) in [5.74, 6) is 0.365. The molecule has 0 radical (unpaired) electrons. The van der Waals surface area contributed by atoms with Gasteiger partial charge in [0.1, 0.15) is 5.60 Å². The molecule has 0 atom stereocenters. The van der Waals surface area contributed by atoms with Crippen LogP contribution >= 0.6 is 15.9 Å². The Bertz CT molecular complexity index is 491. The summed E-state index contributed by atoms with van der Waals surface area (Å²) in [5, 5.41) is 0. The number of anilines is 1. The van der Waals surface area contributed by atoms with Gasteiger partial charge in [-0.15, -0.1) is 0 Å². The topological polar surface area (TPSA) is 55.6 Å². The van der Waals surface area contributed by atoms with Crippen LogP contribution in [0.2, 0.25) is 0 Å². The molecule has 0 aliphatic carbocycles. The second-order valence-corrected chi connectivity index (χ2v) is 6.72. The summed E-state index contributed by atoms with van der Waals surface area (Å²) in [6.07, 6.45) is -0.238. The number of amides is 1. The first-order valence-corrected chi connectivity index (χ1v) is 7.08. The monoisotopic (exact) mass is 326 g/mol. The molecule has 4 nitrogen and oxygen atoms in total. The first kappa shape index (κ1) is 14.2. The molecule has 5 heteroatoms. The van der Waals surface area contributed by atoms with Crippen molar-refractivity contribution in [3.8, 4) is 0 Å². The van der Waals surface area contributed by atoms with E-state index in [1.165, 1.54) is 5.56 Å². The molecular weight excluding hydrogens is 308 g/mol. The number of nitrogens with two attached hydrogens (primary N) is 1. The summed E-state index contributed by atoms with van der Waals surface area (Å²) < 4.78 is 6.23. The van der Waals surface area contributed by atoms with Gasteiger partial charge >= 0.3 is 6.09 Å². The number of hydrogen-bond acceptors (Lipinski definition) is 3. The molecule has 1 heterocycles. The van der Waals surface area contributed by atoms with E-state index in [0.717, 1.165) is 10.2 Å². The zero-order valence-electron chi connectivity index (χ0n) is 11.4. The lowest BCUT2D eigenvalue weighted by Gasteiger charge is -2.40. The van der Waals surface area contributed by atoms with Crippen LogP contribution in [0.15, 0.2) is 22.7 Å². The van der Waals surface area contributed by atoms with Gasteiger partial charge in [0.25, 0.3) is 0 Å². The van der Waals surface area contributed by atoms with Gasteiger partial charge < -0.3 is 15.4 Å². The van der Waals surface area contributed by atoms with Gasteiger partial charge in [0.15, 0.2) is 0 Å². The molecule has 1 amide bonds. The smallest absolute Gasteiger partial charge is 0.410 e. The predicted octanol–water partition coefficient (Wildman–Crippen LogP) is 3.37. The number of rotatable bonds is 1. The zero-order chi connectivity index (χ0) is 14.2. The Labute approximate surface area is 122 Å². The normalized spacial score (nSPS) is 16.1. The molecule has 19 heavy (non-hydrogen) atoms. The molecule has 1 aromatic rings. The highest BCUT2D eigenvalue weighted by atomic mass is 79.9. The molecule has 1 fully saturated rings. The van der Waals surface area contributed by atoms with E-state index < -0.39 is 5.60 Å². The van der Waals surface area contributed by atoms with E-state index in [0.29, 0.717) is 19.0 Å². The van der Waals surface area contributed by atoms with Gasteiger partial charge in [-0.25, -0.2) is 4.79 Å². The molecule has 2 N–H and O–H groups in total. The van der Waals surface area contributed by atoms with Crippen molar-refractivity contribution in [1.29, 1.82) is 0 Å². The Hall–Kier alpha value is -1.23. The minimum atomic E-state index is -0.438. The maximum atomic E-state index is 11.8. The Kier molecular flexibility index (Phi) is 3.76. The van der Waals surface area contributed by atoms with Crippen molar-refractivity contribution in [2.75, 3.05) is 18.8 Å². The molecule has 0 aromatic heterocycles. The number of nitrogen functional groups attached to an aromatic ring is 1. The van der Waals surface area contributed by atoms with Gasteiger partial charge in [-0.1, -0.05) is 6.07 Å². The van der Waals surface area contributed by atoms with Gasteiger partial charge in [0.05, 0.1) is 0 Å². The summed E-state index contributed by atoms with van der Waals surface area (Å²) in [4.78, 5) is 13.5. The Morgan fingerprint density at radius 3 is 2.58 bits per heavy atom. The van der Waals surface area contributed by atoms with Gasteiger partial charge in [0, 0.05) is 29.2 Å². The van der Waals surface area contributed by atoms with Gasteiger partial charge in [0.2, 0.25) is 0 Å². The van der Waals surface area contributed by atoms with Crippen molar-refractivity contribution < 1.29 is 9.53 Å². The third kappa shape index (κ3) is 3.41. The largest absolute Gasteiger partial charge is 0.444 e. The second kappa shape index (κ2) is 5.04. The lowest BCUT2D eigenvalue weighted by Crippen LogP contribution is -2.50. The van der Waals surface area contributed by atoms with Crippen LogP contribution in [-0.4, -0.2) is 29.7 Å². The maximum absolute atomic E-state index is 11.8. The number of likely N-dealkylation sites (tertiary alicyclic amines) is 1. The third-order valence-electron chi connectivity index (χ3n) is 3.03.